The van der Waals surface area contributed by atoms with Crippen molar-refractivity contribution in [1.82, 2.24) is 15.0 Å². The van der Waals surface area contributed by atoms with Crippen molar-refractivity contribution < 1.29 is 0 Å². The third kappa shape index (κ3) is 4.87. The van der Waals surface area contributed by atoms with Crippen LogP contribution in [0.2, 0.25) is 0 Å². The summed E-state index contributed by atoms with van der Waals surface area (Å²) in [5, 5.41) is 0. The number of rotatable bonds is 5. The average Bonchev–Trinajstić information content (AvgIpc) is 3.74. The standard InChI is InChI=1S/C52H33N3/c1-3-14-34(15-4-1)40-31-48(36-16-5-2-6-17-36)54-49(32-40)39-19-13-18-38(30-39)35-26-28-37(29-27-35)51-53-33-44-43-22-9-12-25-47(43)52(50(44)55-51)45-23-10-7-20-41(45)42-21-8-11-24-46(42)52/h1-33H. The van der Waals surface area contributed by atoms with Gasteiger partial charge in [0, 0.05) is 28.5 Å². The molecule has 9 aromatic rings. The monoisotopic (exact) mass is 699 g/mol. The van der Waals surface area contributed by atoms with Gasteiger partial charge in [-0.05, 0) is 73.8 Å². The molecule has 0 bridgehead atoms. The molecular formula is C52H33N3. The van der Waals surface area contributed by atoms with Crippen molar-refractivity contribution in [2.45, 2.75) is 5.41 Å². The lowest BCUT2D eigenvalue weighted by atomic mass is 9.72. The molecule has 0 amide bonds. The zero-order chi connectivity index (χ0) is 36.3. The number of benzene rings is 7. The van der Waals surface area contributed by atoms with Crippen LogP contribution in [0.4, 0.5) is 0 Å². The van der Waals surface area contributed by atoms with Crippen molar-refractivity contribution in [2.75, 3.05) is 0 Å². The SMILES string of the molecule is c1ccc(-c2cc(-c3ccccc3)nc(-c3cccc(-c4ccc(-c5ncc6c(n5)C5(c7ccccc7-c7ccccc75)c5ccccc5-6)cc4)c3)c2)cc1. The van der Waals surface area contributed by atoms with Crippen LogP contribution in [-0.2, 0) is 5.41 Å². The van der Waals surface area contributed by atoms with Crippen molar-refractivity contribution in [3.8, 4) is 78.4 Å². The Kier molecular flexibility index (Phi) is 7.08. The smallest absolute Gasteiger partial charge is 0.159 e. The second kappa shape index (κ2) is 12.4. The molecule has 55 heavy (non-hydrogen) atoms. The molecular weight excluding hydrogens is 667 g/mol. The Morgan fingerprint density at radius 2 is 0.782 bits per heavy atom. The van der Waals surface area contributed by atoms with Crippen LogP contribution in [0.5, 0.6) is 0 Å². The summed E-state index contributed by atoms with van der Waals surface area (Å²) >= 11 is 0. The molecule has 11 rings (SSSR count). The molecule has 2 heterocycles. The van der Waals surface area contributed by atoms with Gasteiger partial charge in [0.25, 0.3) is 0 Å². The summed E-state index contributed by atoms with van der Waals surface area (Å²) in [4.78, 5) is 15.6. The lowest BCUT2D eigenvalue weighted by Gasteiger charge is -2.29. The van der Waals surface area contributed by atoms with Gasteiger partial charge < -0.3 is 0 Å². The molecule has 0 fully saturated rings. The molecule has 0 N–H and O–H groups in total. The summed E-state index contributed by atoms with van der Waals surface area (Å²) in [5.74, 6) is 0.725. The van der Waals surface area contributed by atoms with Gasteiger partial charge in [0.2, 0.25) is 0 Å². The summed E-state index contributed by atoms with van der Waals surface area (Å²) in [6, 6.07) is 69.0. The zero-order valence-electron chi connectivity index (χ0n) is 29.9. The van der Waals surface area contributed by atoms with E-state index < -0.39 is 5.41 Å². The van der Waals surface area contributed by atoms with Crippen molar-refractivity contribution >= 4 is 0 Å². The normalized spacial score (nSPS) is 12.9. The lowest BCUT2D eigenvalue weighted by molar-refractivity contribution is 0.757. The number of hydrogen-bond donors (Lipinski definition) is 0. The predicted octanol–water partition coefficient (Wildman–Crippen LogP) is 12.6. The highest BCUT2D eigenvalue weighted by Gasteiger charge is 2.53. The van der Waals surface area contributed by atoms with E-state index in [1.54, 1.807) is 0 Å². The van der Waals surface area contributed by atoms with E-state index in [9.17, 15) is 0 Å². The molecule has 0 atom stereocenters. The van der Waals surface area contributed by atoms with E-state index in [2.05, 4.69) is 188 Å². The van der Waals surface area contributed by atoms with Crippen molar-refractivity contribution in [2.24, 2.45) is 0 Å². The molecule has 0 radical (unpaired) electrons. The Labute approximate surface area is 320 Å². The van der Waals surface area contributed by atoms with Gasteiger partial charge in [0.15, 0.2) is 5.82 Å². The number of hydrogen-bond acceptors (Lipinski definition) is 3. The van der Waals surface area contributed by atoms with Gasteiger partial charge in [-0.1, -0.05) is 176 Å². The Balaban J connectivity index is 0.982. The molecule has 256 valence electrons. The van der Waals surface area contributed by atoms with Crippen LogP contribution in [0.3, 0.4) is 0 Å². The summed E-state index contributed by atoms with van der Waals surface area (Å²) in [6.45, 7) is 0. The molecule has 2 aromatic heterocycles. The van der Waals surface area contributed by atoms with Crippen LogP contribution < -0.4 is 0 Å². The second-order valence-electron chi connectivity index (χ2n) is 14.4. The highest BCUT2D eigenvalue weighted by atomic mass is 14.9. The van der Waals surface area contributed by atoms with E-state index >= 15 is 0 Å². The van der Waals surface area contributed by atoms with Gasteiger partial charge in [-0.2, -0.15) is 0 Å². The fourth-order valence-corrected chi connectivity index (χ4v) is 8.86. The minimum Gasteiger partial charge on any atom is -0.248 e. The van der Waals surface area contributed by atoms with Crippen LogP contribution in [-0.4, -0.2) is 15.0 Å². The minimum absolute atomic E-state index is 0.497. The first-order valence-electron chi connectivity index (χ1n) is 18.8. The first-order chi connectivity index (χ1) is 27.3. The Morgan fingerprint density at radius 1 is 0.309 bits per heavy atom. The molecule has 1 spiro atoms. The third-order valence-corrected chi connectivity index (χ3v) is 11.4. The number of nitrogens with zero attached hydrogens (tertiary/aromatic N) is 3. The average molecular weight is 700 g/mol. The fourth-order valence-electron chi connectivity index (χ4n) is 8.86. The first kappa shape index (κ1) is 31.3. The molecule has 3 nitrogen and oxygen atoms in total. The van der Waals surface area contributed by atoms with Gasteiger partial charge in [0.1, 0.15) is 0 Å². The summed E-state index contributed by atoms with van der Waals surface area (Å²) in [7, 11) is 0. The van der Waals surface area contributed by atoms with Crippen molar-refractivity contribution in [3.05, 3.63) is 223 Å². The second-order valence-corrected chi connectivity index (χ2v) is 14.4. The lowest BCUT2D eigenvalue weighted by Crippen LogP contribution is -2.27. The van der Waals surface area contributed by atoms with Gasteiger partial charge in [0.05, 0.1) is 22.5 Å². The Bertz CT molecular complexity index is 2790. The van der Waals surface area contributed by atoms with E-state index in [1.165, 1.54) is 38.9 Å². The van der Waals surface area contributed by atoms with Crippen LogP contribution >= 0.6 is 0 Å². The van der Waals surface area contributed by atoms with Crippen LogP contribution in [0.1, 0.15) is 22.4 Å². The number of aromatic nitrogens is 3. The van der Waals surface area contributed by atoms with Gasteiger partial charge in [-0.3, -0.25) is 0 Å². The van der Waals surface area contributed by atoms with Gasteiger partial charge in [-0.25, -0.2) is 15.0 Å². The maximum absolute atomic E-state index is 5.47. The van der Waals surface area contributed by atoms with Gasteiger partial charge in [-0.15, -0.1) is 0 Å². The molecule has 3 heteroatoms. The van der Waals surface area contributed by atoms with Crippen LogP contribution in [0.15, 0.2) is 200 Å². The molecule has 0 saturated carbocycles. The molecule has 2 aliphatic carbocycles. The topological polar surface area (TPSA) is 38.7 Å². The van der Waals surface area contributed by atoms with E-state index in [1.807, 2.05) is 12.3 Å². The predicted molar refractivity (Wildman–Crippen MR) is 223 cm³/mol. The van der Waals surface area contributed by atoms with Crippen LogP contribution in [0.25, 0.3) is 78.4 Å². The number of fused-ring (bicyclic) bond motifs is 10. The largest absolute Gasteiger partial charge is 0.248 e. The fraction of sp³-hybridized carbons (Fsp3) is 0.0192. The van der Waals surface area contributed by atoms with Crippen molar-refractivity contribution in [1.29, 1.82) is 0 Å². The van der Waals surface area contributed by atoms with E-state index in [4.69, 9.17) is 15.0 Å². The first-order valence-corrected chi connectivity index (χ1v) is 18.8. The van der Waals surface area contributed by atoms with E-state index in [0.717, 1.165) is 61.9 Å². The summed E-state index contributed by atoms with van der Waals surface area (Å²) < 4.78 is 0. The number of pyridine rings is 1. The molecule has 0 saturated heterocycles. The Hall–Kier alpha value is -7.23. The highest BCUT2D eigenvalue weighted by Crippen LogP contribution is 2.62. The summed E-state index contributed by atoms with van der Waals surface area (Å²) in [5.41, 5.74) is 18.8. The van der Waals surface area contributed by atoms with E-state index in [0.29, 0.717) is 0 Å². The summed E-state index contributed by atoms with van der Waals surface area (Å²) in [6.07, 6.45) is 2.03. The van der Waals surface area contributed by atoms with Crippen LogP contribution in [0, 0.1) is 0 Å². The molecule has 7 aromatic carbocycles. The Morgan fingerprint density at radius 3 is 1.42 bits per heavy atom. The quantitative estimate of drug-likeness (QED) is 0.179. The van der Waals surface area contributed by atoms with Gasteiger partial charge >= 0.3 is 0 Å². The maximum Gasteiger partial charge on any atom is 0.159 e. The van der Waals surface area contributed by atoms with Crippen molar-refractivity contribution in [3.63, 3.8) is 0 Å². The molecule has 0 aliphatic heterocycles. The highest BCUT2D eigenvalue weighted by molar-refractivity contribution is 5.94. The third-order valence-electron chi connectivity index (χ3n) is 11.4. The maximum atomic E-state index is 5.47. The molecule has 0 unspecified atom stereocenters. The minimum atomic E-state index is -0.497. The zero-order valence-corrected chi connectivity index (χ0v) is 29.9. The van der Waals surface area contributed by atoms with E-state index in [-0.39, 0.29) is 0 Å². The molecule has 2 aliphatic rings.